The van der Waals surface area contributed by atoms with Crippen molar-refractivity contribution in [1.82, 2.24) is 25.0 Å². The number of carbonyl (C=O) groups is 2. The Morgan fingerprint density at radius 3 is 2.80 bits per heavy atom. The van der Waals surface area contributed by atoms with Crippen LogP contribution in [0.3, 0.4) is 0 Å². The van der Waals surface area contributed by atoms with Gasteiger partial charge in [-0.05, 0) is 49.9 Å². The molecule has 1 N–H and O–H groups in total. The Bertz CT molecular complexity index is 1040. The summed E-state index contributed by atoms with van der Waals surface area (Å²) in [5.74, 6) is 0.140. The molecule has 30 heavy (non-hydrogen) atoms. The summed E-state index contributed by atoms with van der Waals surface area (Å²) < 4.78 is 0. The van der Waals surface area contributed by atoms with Gasteiger partial charge in [-0.15, -0.1) is 10.2 Å². The fourth-order valence-corrected chi connectivity index (χ4v) is 4.10. The molecule has 2 aromatic rings. The van der Waals surface area contributed by atoms with Gasteiger partial charge in [0.05, 0.1) is 12.2 Å². The van der Waals surface area contributed by atoms with Gasteiger partial charge in [-0.25, -0.2) is 0 Å². The molecule has 0 unspecified atom stereocenters. The van der Waals surface area contributed by atoms with Gasteiger partial charge in [0.25, 0.3) is 5.91 Å². The molecule has 8 nitrogen and oxygen atoms in total. The number of amides is 2. The van der Waals surface area contributed by atoms with Gasteiger partial charge >= 0.3 is 0 Å². The van der Waals surface area contributed by atoms with Crippen LogP contribution in [-0.2, 0) is 9.59 Å². The Balaban J connectivity index is 1.26. The molecule has 1 aliphatic carbocycles. The number of allylic oxidation sites excluding steroid dienone is 1. The van der Waals surface area contributed by atoms with Gasteiger partial charge in [-0.1, -0.05) is 6.58 Å². The van der Waals surface area contributed by atoms with E-state index in [1.54, 1.807) is 24.5 Å². The fourth-order valence-electron chi connectivity index (χ4n) is 4.10. The van der Waals surface area contributed by atoms with E-state index in [1.807, 2.05) is 21.9 Å². The molecule has 0 atom stereocenters. The van der Waals surface area contributed by atoms with Gasteiger partial charge in [-0.2, -0.15) is 0 Å². The molecule has 0 bridgehead atoms. The van der Waals surface area contributed by atoms with Gasteiger partial charge < -0.3 is 15.1 Å². The highest BCUT2D eigenvalue weighted by Gasteiger charge is 2.45. The summed E-state index contributed by atoms with van der Waals surface area (Å²) in [6.45, 7) is 4.92. The maximum atomic E-state index is 13.0. The van der Waals surface area contributed by atoms with Crippen molar-refractivity contribution in [2.45, 2.75) is 31.7 Å². The van der Waals surface area contributed by atoms with Crippen LogP contribution < -0.4 is 5.32 Å². The molecule has 152 valence electrons. The Kier molecular flexibility index (Phi) is 4.54. The monoisotopic (exact) mass is 402 g/mol. The molecule has 3 aliphatic rings. The third-order valence-electron chi connectivity index (χ3n) is 5.65. The first-order chi connectivity index (χ1) is 14.6. The third kappa shape index (κ3) is 3.34. The second-order valence-electron chi connectivity index (χ2n) is 7.80. The molecule has 0 radical (unpaired) electrons. The first kappa shape index (κ1) is 18.5. The molecular formula is C22H22N6O2. The summed E-state index contributed by atoms with van der Waals surface area (Å²) in [6, 6.07) is 7.51. The summed E-state index contributed by atoms with van der Waals surface area (Å²) in [6.07, 6.45) is 7.20. The predicted molar refractivity (Wildman–Crippen MR) is 111 cm³/mol. The van der Waals surface area contributed by atoms with Crippen LogP contribution in [0.25, 0.3) is 11.3 Å². The van der Waals surface area contributed by atoms with Crippen LogP contribution in [0.5, 0.6) is 0 Å². The molecule has 0 saturated heterocycles. The summed E-state index contributed by atoms with van der Waals surface area (Å²) in [7, 11) is 0. The lowest BCUT2D eigenvalue weighted by atomic mass is 10.0. The van der Waals surface area contributed by atoms with E-state index in [0.29, 0.717) is 23.8 Å². The first-order valence-electron chi connectivity index (χ1n) is 10.2. The van der Waals surface area contributed by atoms with Crippen LogP contribution in [0, 0.1) is 0 Å². The van der Waals surface area contributed by atoms with Crippen molar-refractivity contribution in [3.8, 4) is 11.3 Å². The third-order valence-corrected chi connectivity index (χ3v) is 5.65. The Morgan fingerprint density at radius 2 is 2.10 bits per heavy atom. The molecule has 1 saturated carbocycles. The lowest BCUT2D eigenvalue weighted by Gasteiger charge is -2.28. The number of pyridine rings is 1. The van der Waals surface area contributed by atoms with Gasteiger partial charge in [0, 0.05) is 41.8 Å². The predicted octanol–water partition coefficient (Wildman–Crippen LogP) is 2.35. The minimum atomic E-state index is -0.226. The zero-order valence-electron chi connectivity index (χ0n) is 16.5. The molecule has 4 heterocycles. The molecule has 2 aromatic heterocycles. The molecule has 0 aromatic carbocycles. The topological polar surface area (TPSA) is 91.3 Å². The average molecular weight is 402 g/mol. The highest BCUT2D eigenvalue weighted by atomic mass is 16.2. The van der Waals surface area contributed by atoms with Crippen LogP contribution in [0.2, 0.25) is 0 Å². The van der Waals surface area contributed by atoms with Gasteiger partial charge in [-0.3, -0.25) is 14.6 Å². The quantitative estimate of drug-likeness (QED) is 0.826. The highest BCUT2D eigenvalue weighted by Crippen LogP contribution is 2.42. The van der Waals surface area contributed by atoms with E-state index in [0.717, 1.165) is 42.5 Å². The maximum absolute atomic E-state index is 13.0. The smallest absolute Gasteiger partial charge is 0.275 e. The van der Waals surface area contributed by atoms with Crippen LogP contribution in [-0.4, -0.2) is 55.9 Å². The second-order valence-corrected chi connectivity index (χ2v) is 7.80. The van der Waals surface area contributed by atoms with Gasteiger partial charge in [0.15, 0.2) is 5.82 Å². The van der Waals surface area contributed by atoms with E-state index in [1.165, 1.54) is 0 Å². The minimum Gasteiger partial charge on any atom is -0.357 e. The number of hydrogen-bond acceptors (Lipinski definition) is 6. The van der Waals surface area contributed by atoms with E-state index < -0.39 is 0 Å². The number of nitrogens with one attached hydrogen (secondary N) is 1. The largest absolute Gasteiger partial charge is 0.357 e. The second kappa shape index (κ2) is 7.37. The number of anilines is 1. The summed E-state index contributed by atoms with van der Waals surface area (Å²) in [4.78, 5) is 33.4. The molecule has 1 fully saturated rings. The lowest BCUT2D eigenvalue weighted by molar-refractivity contribution is -0.126. The normalized spacial score (nSPS) is 18.7. The zero-order chi connectivity index (χ0) is 20.7. The van der Waals surface area contributed by atoms with Crippen LogP contribution >= 0.6 is 0 Å². The Labute approximate surface area is 174 Å². The summed E-state index contributed by atoms with van der Waals surface area (Å²) >= 11 is 0. The van der Waals surface area contributed by atoms with E-state index in [2.05, 4.69) is 27.1 Å². The van der Waals surface area contributed by atoms with E-state index in [4.69, 9.17) is 0 Å². The fraction of sp³-hybridized carbons (Fsp3) is 0.318. The van der Waals surface area contributed by atoms with Crippen molar-refractivity contribution in [2.24, 2.45) is 0 Å². The molecule has 8 heteroatoms. The number of hydrogen-bond donors (Lipinski definition) is 1. The highest BCUT2D eigenvalue weighted by molar-refractivity contribution is 6.01. The van der Waals surface area contributed by atoms with Crippen molar-refractivity contribution in [3.05, 3.63) is 60.2 Å². The minimum absolute atomic E-state index is 0.00869. The van der Waals surface area contributed by atoms with Crippen LogP contribution in [0.1, 0.15) is 25.7 Å². The van der Waals surface area contributed by atoms with Gasteiger partial charge in [0.2, 0.25) is 5.91 Å². The van der Waals surface area contributed by atoms with Crippen molar-refractivity contribution in [1.29, 1.82) is 0 Å². The standard InChI is InChI=1S/C22H22N6O2/c1-14-17-5-3-11-27(21(17)22(30)28(14)16-6-7-16)13-20(29)24-19-9-8-18(25-26-19)15-4-2-10-23-12-15/h2,4,8-10,12,16H,1,3,5-7,11,13H2,(H,24,26,29). The molecule has 0 spiro atoms. The van der Waals surface area contributed by atoms with Crippen molar-refractivity contribution < 1.29 is 9.59 Å². The zero-order valence-corrected chi connectivity index (χ0v) is 16.5. The molecule has 2 aliphatic heterocycles. The van der Waals surface area contributed by atoms with Crippen molar-refractivity contribution >= 4 is 17.6 Å². The SMILES string of the molecule is C=C1C2=C(C(=O)N1C1CC1)N(CC(=O)Nc1ccc(-c3cccnc3)nn1)CCC2. The van der Waals surface area contributed by atoms with Crippen molar-refractivity contribution in [3.63, 3.8) is 0 Å². The Hall–Kier alpha value is -3.55. The van der Waals surface area contributed by atoms with Crippen molar-refractivity contribution in [2.75, 3.05) is 18.4 Å². The van der Waals surface area contributed by atoms with E-state index >= 15 is 0 Å². The molecule has 5 rings (SSSR count). The molecule has 2 amide bonds. The van der Waals surface area contributed by atoms with E-state index in [9.17, 15) is 9.59 Å². The number of rotatable bonds is 5. The van der Waals surface area contributed by atoms with Crippen LogP contribution in [0.15, 0.2) is 60.2 Å². The van der Waals surface area contributed by atoms with Crippen LogP contribution in [0.4, 0.5) is 5.82 Å². The average Bonchev–Trinajstić information content (AvgIpc) is 3.56. The Morgan fingerprint density at radius 1 is 1.23 bits per heavy atom. The number of carbonyl (C=O) groups excluding carboxylic acids is 2. The summed E-state index contributed by atoms with van der Waals surface area (Å²) in [5.41, 5.74) is 4.00. The first-order valence-corrected chi connectivity index (χ1v) is 10.2. The molecular weight excluding hydrogens is 380 g/mol. The number of aromatic nitrogens is 3. The lowest BCUT2D eigenvalue weighted by Crippen LogP contribution is -2.39. The maximum Gasteiger partial charge on any atom is 0.275 e. The van der Waals surface area contributed by atoms with E-state index in [-0.39, 0.29) is 24.4 Å². The van der Waals surface area contributed by atoms with Gasteiger partial charge in [0.1, 0.15) is 5.70 Å². The summed E-state index contributed by atoms with van der Waals surface area (Å²) in [5, 5.41) is 11.0. The number of nitrogens with zero attached hydrogens (tertiary/aromatic N) is 5.